The SMILES string of the molecule is O=C1c2cnc(Nc3ccc(N4CCNCC4)cc3)nc2N(c2ccccc2)CN1c1c(Cl)cccc1Cl. The van der Waals surface area contributed by atoms with Crippen LogP contribution in [-0.2, 0) is 0 Å². The lowest BCUT2D eigenvalue weighted by molar-refractivity contribution is 0.0982. The third kappa shape index (κ3) is 4.74. The zero-order chi connectivity index (χ0) is 26.1. The molecule has 0 atom stereocenters. The van der Waals surface area contributed by atoms with Crippen LogP contribution < -0.4 is 25.3 Å². The Bertz CT molecular complexity index is 1440. The first-order valence-corrected chi connectivity index (χ1v) is 13.1. The number of aromatic nitrogens is 2. The van der Waals surface area contributed by atoms with Gasteiger partial charge in [-0.25, -0.2) is 4.98 Å². The fraction of sp³-hybridized carbons (Fsp3) is 0.179. The standard InChI is InChI=1S/C28H25Cl2N7O/c29-23-7-4-8-24(30)25(23)37-18-36(21-5-2-1-3-6-21)26-22(27(37)38)17-32-28(34-26)33-19-9-11-20(12-10-19)35-15-13-31-14-16-35/h1-12,17,31H,13-16,18H2,(H,32,33,34). The molecule has 0 unspecified atom stereocenters. The molecule has 2 aliphatic heterocycles. The van der Waals surface area contributed by atoms with Gasteiger partial charge in [0.2, 0.25) is 5.95 Å². The number of anilines is 6. The predicted octanol–water partition coefficient (Wildman–Crippen LogP) is 5.69. The summed E-state index contributed by atoms with van der Waals surface area (Å²) in [6, 6.07) is 23.2. The topological polar surface area (TPSA) is 76.6 Å². The van der Waals surface area contributed by atoms with Crippen LogP contribution in [-0.4, -0.2) is 48.7 Å². The lowest BCUT2D eigenvalue weighted by Gasteiger charge is -2.37. The Morgan fingerprint density at radius 1 is 0.816 bits per heavy atom. The molecule has 6 rings (SSSR count). The number of piperazine rings is 1. The van der Waals surface area contributed by atoms with Crippen LogP contribution in [0.15, 0.2) is 79.0 Å². The van der Waals surface area contributed by atoms with E-state index in [0.29, 0.717) is 33.1 Å². The summed E-state index contributed by atoms with van der Waals surface area (Å²) >= 11 is 13.0. The van der Waals surface area contributed by atoms with E-state index in [0.717, 1.165) is 37.6 Å². The van der Waals surface area contributed by atoms with E-state index in [1.165, 1.54) is 5.69 Å². The number of halogens is 2. The molecule has 192 valence electrons. The first-order chi connectivity index (χ1) is 18.6. The van der Waals surface area contributed by atoms with Gasteiger partial charge in [0.05, 0.1) is 15.7 Å². The van der Waals surface area contributed by atoms with Crippen LogP contribution in [0.2, 0.25) is 10.0 Å². The van der Waals surface area contributed by atoms with Crippen LogP contribution in [0.4, 0.5) is 34.5 Å². The van der Waals surface area contributed by atoms with Gasteiger partial charge < -0.3 is 20.4 Å². The number of hydrogen-bond donors (Lipinski definition) is 2. The van der Waals surface area contributed by atoms with E-state index in [9.17, 15) is 4.79 Å². The number of benzene rings is 3. The highest BCUT2D eigenvalue weighted by Gasteiger charge is 2.35. The quantitative estimate of drug-likeness (QED) is 0.333. The van der Waals surface area contributed by atoms with Crippen molar-refractivity contribution in [2.75, 3.05) is 52.9 Å². The van der Waals surface area contributed by atoms with Crippen LogP contribution in [0.1, 0.15) is 10.4 Å². The van der Waals surface area contributed by atoms with Gasteiger partial charge in [-0.15, -0.1) is 0 Å². The summed E-state index contributed by atoms with van der Waals surface area (Å²) in [5.41, 5.74) is 3.73. The Morgan fingerprint density at radius 3 is 2.24 bits per heavy atom. The molecule has 8 nitrogen and oxygen atoms in total. The highest BCUT2D eigenvalue weighted by Crippen LogP contribution is 2.40. The normalized spacial score (nSPS) is 15.4. The van der Waals surface area contributed by atoms with Crippen LogP contribution in [0.25, 0.3) is 0 Å². The molecular formula is C28H25Cl2N7O. The van der Waals surface area contributed by atoms with E-state index in [2.05, 4.69) is 32.7 Å². The molecule has 38 heavy (non-hydrogen) atoms. The van der Waals surface area contributed by atoms with Crippen molar-refractivity contribution in [1.82, 2.24) is 15.3 Å². The van der Waals surface area contributed by atoms with Crippen molar-refractivity contribution >= 4 is 63.6 Å². The van der Waals surface area contributed by atoms with Gasteiger partial charge in [-0.2, -0.15) is 4.98 Å². The summed E-state index contributed by atoms with van der Waals surface area (Å²) < 4.78 is 0. The zero-order valence-electron chi connectivity index (χ0n) is 20.4. The maximum Gasteiger partial charge on any atom is 0.265 e. The van der Waals surface area contributed by atoms with Crippen molar-refractivity contribution in [3.8, 4) is 0 Å². The lowest BCUT2D eigenvalue weighted by atomic mass is 10.1. The lowest BCUT2D eigenvalue weighted by Crippen LogP contribution is -2.45. The number of fused-ring (bicyclic) bond motifs is 1. The first kappa shape index (κ1) is 24.5. The summed E-state index contributed by atoms with van der Waals surface area (Å²) in [5, 5.41) is 7.45. The van der Waals surface area contributed by atoms with E-state index in [1.807, 2.05) is 47.4 Å². The van der Waals surface area contributed by atoms with Gasteiger partial charge in [0.15, 0.2) is 5.82 Å². The fourth-order valence-corrected chi connectivity index (χ4v) is 5.35. The van der Waals surface area contributed by atoms with Crippen LogP contribution in [0.5, 0.6) is 0 Å². The Hall–Kier alpha value is -3.85. The van der Waals surface area contributed by atoms with Crippen molar-refractivity contribution in [2.24, 2.45) is 0 Å². The number of nitrogens with one attached hydrogen (secondary N) is 2. The Kier molecular flexibility index (Phi) is 6.76. The van der Waals surface area contributed by atoms with Crippen molar-refractivity contribution in [2.45, 2.75) is 0 Å². The molecule has 10 heteroatoms. The monoisotopic (exact) mass is 545 g/mol. The third-order valence-corrected chi connectivity index (χ3v) is 7.27. The van der Waals surface area contributed by atoms with E-state index in [4.69, 9.17) is 28.2 Å². The number of para-hydroxylation sites is 2. The predicted molar refractivity (Wildman–Crippen MR) is 154 cm³/mol. The average molecular weight is 546 g/mol. The Balaban J connectivity index is 1.33. The molecule has 1 amide bonds. The molecule has 3 heterocycles. The van der Waals surface area contributed by atoms with Crippen molar-refractivity contribution in [3.05, 3.63) is 94.6 Å². The molecule has 1 aromatic heterocycles. The number of carbonyl (C=O) groups is 1. The molecule has 0 aliphatic carbocycles. The largest absolute Gasteiger partial charge is 0.369 e. The Labute approximate surface area is 230 Å². The van der Waals surface area contributed by atoms with Crippen LogP contribution >= 0.6 is 23.2 Å². The molecular weight excluding hydrogens is 521 g/mol. The van der Waals surface area contributed by atoms with Gasteiger partial charge >= 0.3 is 0 Å². The average Bonchev–Trinajstić information content (AvgIpc) is 2.95. The molecule has 0 radical (unpaired) electrons. The van der Waals surface area contributed by atoms with Crippen molar-refractivity contribution in [3.63, 3.8) is 0 Å². The second-order valence-corrected chi connectivity index (χ2v) is 9.86. The van der Waals surface area contributed by atoms with Gasteiger partial charge in [0, 0.05) is 49.4 Å². The molecule has 1 saturated heterocycles. The molecule has 4 aromatic rings. The highest BCUT2D eigenvalue weighted by molar-refractivity contribution is 6.40. The first-order valence-electron chi connectivity index (χ1n) is 12.4. The second kappa shape index (κ2) is 10.5. The molecule has 0 saturated carbocycles. The summed E-state index contributed by atoms with van der Waals surface area (Å²) in [6.45, 7) is 4.13. The Morgan fingerprint density at radius 2 is 1.53 bits per heavy atom. The maximum absolute atomic E-state index is 13.6. The summed E-state index contributed by atoms with van der Waals surface area (Å²) in [5.74, 6) is 0.640. The van der Waals surface area contributed by atoms with E-state index in [-0.39, 0.29) is 12.6 Å². The van der Waals surface area contributed by atoms with Crippen molar-refractivity contribution in [1.29, 1.82) is 0 Å². The number of hydrogen-bond acceptors (Lipinski definition) is 7. The molecule has 1 fully saturated rings. The number of nitrogens with zero attached hydrogens (tertiary/aromatic N) is 5. The molecule has 0 spiro atoms. The van der Waals surface area contributed by atoms with Gasteiger partial charge in [0.25, 0.3) is 5.91 Å². The smallest absolute Gasteiger partial charge is 0.265 e. The molecule has 2 aliphatic rings. The summed E-state index contributed by atoms with van der Waals surface area (Å²) in [6.07, 6.45) is 1.55. The van der Waals surface area contributed by atoms with Gasteiger partial charge in [-0.05, 0) is 48.5 Å². The third-order valence-electron chi connectivity index (χ3n) is 6.66. The summed E-state index contributed by atoms with van der Waals surface area (Å²) in [4.78, 5) is 28.7. The maximum atomic E-state index is 13.6. The van der Waals surface area contributed by atoms with Gasteiger partial charge in [-0.1, -0.05) is 47.5 Å². The molecule has 2 N–H and O–H groups in total. The fourth-order valence-electron chi connectivity index (χ4n) is 4.75. The summed E-state index contributed by atoms with van der Waals surface area (Å²) in [7, 11) is 0. The number of carbonyl (C=O) groups excluding carboxylic acids is 1. The zero-order valence-corrected chi connectivity index (χ0v) is 22.0. The molecule has 3 aromatic carbocycles. The second-order valence-electron chi connectivity index (χ2n) is 9.05. The highest BCUT2D eigenvalue weighted by atomic mass is 35.5. The molecule has 0 bridgehead atoms. The minimum atomic E-state index is -0.269. The number of amides is 1. The van der Waals surface area contributed by atoms with Gasteiger partial charge in [-0.3, -0.25) is 9.69 Å². The van der Waals surface area contributed by atoms with Crippen molar-refractivity contribution < 1.29 is 4.79 Å². The van der Waals surface area contributed by atoms with Crippen LogP contribution in [0.3, 0.4) is 0 Å². The van der Waals surface area contributed by atoms with E-state index < -0.39 is 0 Å². The van der Waals surface area contributed by atoms with E-state index in [1.54, 1.807) is 29.3 Å². The van der Waals surface area contributed by atoms with E-state index >= 15 is 0 Å². The number of rotatable bonds is 5. The minimum Gasteiger partial charge on any atom is -0.369 e. The van der Waals surface area contributed by atoms with Gasteiger partial charge in [0.1, 0.15) is 12.2 Å². The van der Waals surface area contributed by atoms with Crippen LogP contribution in [0, 0.1) is 0 Å². The minimum absolute atomic E-state index is 0.190.